The standard InChI is InChI=1S/C49H56N6O11S/c1-31-29-38(63-4)32(2)33(3)43(31)67(61,62)54-47(50)51-27-16-26-49(39(56)24-25-40(57)64-5)46(59)66-44(53-49)37-23-15-28-55(37)45(58)42(52-48(60)65-30-34-17-9-6-10-18-34)41(35-19-11-7-12-20-35)36-21-13-8-14-22-36/h6-14,17-22,29,37,41-42H,15-16,23-28,30H2,1-5H3,(H,52,60)(H3,50,51,54)/t37-,42+,49?/m0/s1. The molecule has 2 heterocycles. The summed E-state index contributed by atoms with van der Waals surface area (Å²) < 4.78 is 50.8. The molecule has 0 aromatic heterocycles. The average Bonchev–Trinajstić information content (AvgIpc) is 3.95. The lowest BCUT2D eigenvalue weighted by Crippen LogP contribution is -2.54. The fourth-order valence-electron chi connectivity index (χ4n) is 8.52. The van der Waals surface area contributed by atoms with E-state index >= 15 is 4.79 Å². The molecule has 354 valence electrons. The molecule has 0 radical (unpaired) electrons. The molecule has 1 saturated heterocycles. The van der Waals surface area contributed by atoms with Gasteiger partial charge in [-0.2, -0.15) is 0 Å². The minimum atomic E-state index is -4.19. The van der Waals surface area contributed by atoms with Gasteiger partial charge in [-0.05, 0) is 85.9 Å². The molecule has 3 atom stereocenters. The highest BCUT2D eigenvalue weighted by Gasteiger charge is 2.54. The number of guanidine groups is 1. The molecule has 4 N–H and O–H groups in total. The van der Waals surface area contributed by atoms with Crippen molar-refractivity contribution in [2.24, 2.45) is 15.7 Å². The van der Waals surface area contributed by atoms with Crippen molar-refractivity contribution in [3.8, 4) is 5.75 Å². The Balaban J connectivity index is 1.27. The number of aliphatic imine (C=N–C) groups is 2. The van der Waals surface area contributed by atoms with Crippen LogP contribution in [0.5, 0.6) is 5.75 Å². The first-order chi connectivity index (χ1) is 32.1. The van der Waals surface area contributed by atoms with E-state index in [9.17, 15) is 27.6 Å². The van der Waals surface area contributed by atoms with E-state index in [0.717, 1.165) is 16.7 Å². The Morgan fingerprint density at radius 1 is 0.925 bits per heavy atom. The number of cyclic esters (lactones) is 1. The zero-order chi connectivity index (χ0) is 48.3. The van der Waals surface area contributed by atoms with Gasteiger partial charge >= 0.3 is 18.0 Å². The van der Waals surface area contributed by atoms with E-state index in [0.29, 0.717) is 35.3 Å². The number of alkyl carbamates (subject to hydrolysis) is 1. The Kier molecular flexibility index (Phi) is 16.2. The summed E-state index contributed by atoms with van der Waals surface area (Å²) in [6.07, 6.45) is -1.05. The minimum absolute atomic E-state index is 0.00178. The molecular formula is C49H56N6O11S. The van der Waals surface area contributed by atoms with Crippen LogP contribution in [0.4, 0.5) is 4.79 Å². The fourth-order valence-corrected chi connectivity index (χ4v) is 10.0. The third-order valence-electron chi connectivity index (χ3n) is 12.0. The number of carbonyl (C=O) groups is 5. The van der Waals surface area contributed by atoms with Crippen molar-refractivity contribution in [2.75, 3.05) is 27.3 Å². The highest BCUT2D eigenvalue weighted by Crippen LogP contribution is 2.36. The number of nitrogens with one attached hydrogen (secondary N) is 2. The van der Waals surface area contributed by atoms with Gasteiger partial charge in [0.1, 0.15) is 24.4 Å². The van der Waals surface area contributed by atoms with Crippen molar-refractivity contribution >= 4 is 51.6 Å². The summed E-state index contributed by atoms with van der Waals surface area (Å²) in [5.74, 6) is -3.66. The van der Waals surface area contributed by atoms with Gasteiger partial charge in [-0.15, -0.1) is 0 Å². The molecule has 0 spiro atoms. The topological polar surface area (TPSA) is 234 Å². The molecule has 0 saturated carbocycles. The van der Waals surface area contributed by atoms with Crippen LogP contribution < -0.4 is 20.5 Å². The summed E-state index contributed by atoms with van der Waals surface area (Å²) >= 11 is 0. The molecule has 4 aromatic carbocycles. The molecular weight excluding hydrogens is 881 g/mol. The number of aryl methyl sites for hydroxylation is 1. The summed E-state index contributed by atoms with van der Waals surface area (Å²) in [5.41, 5.74) is 7.71. The van der Waals surface area contributed by atoms with Gasteiger partial charge in [0.05, 0.1) is 25.5 Å². The van der Waals surface area contributed by atoms with Crippen LogP contribution >= 0.6 is 0 Å². The van der Waals surface area contributed by atoms with Gasteiger partial charge in [0.25, 0.3) is 10.0 Å². The van der Waals surface area contributed by atoms with E-state index in [1.807, 2.05) is 91.0 Å². The number of amides is 2. The van der Waals surface area contributed by atoms with Crippen LogP contribution in [0.15, 0.2) is 112 Å². The molecule has 0 aliphatic carbocycles. The van der Waals surface area contributed by atoms with Gasteiger partial charge in [0.15, 0.2) is 5.78 Å². The molecule has 17 nitrogen and oxygen atoms in total. The van der Waals surface area contributed by atoms with Gasteiger partial charge in [0.2, 0.25) is 23.3 Å². The van der Waals surface area contributed by atoms with Crippen molar-refractivity contribution in [1.29, 1.82) is 0 Å². The lowest BCUT2D eigenvalue weighted by Gasteiger charge is -2.33. The minimum Gasteiger partial charge on any atom is -0.496 e. The number of carbonyl (C=O) groups excluding carboxylic acids is 5. The number of esters is 2. The highest BCUT2D eigenvalue weighted by molar-refractivity contribution is 7.90. The highest BCUT2D eigenvalue weighted by atomic mass is 32.2. The number of rotatable bonds is 19. The normalized spacial score (nSPS) is 17.6. The van der Waals surface area contributed by atoms with Gasteiger partial charge in [-0.25, -0.2) is 27.7 Å². The Morgan fingerprint density at radius 2 is 1.55 bits per heavy atom. The van der Waals surface area contributed by atoms with E-state index in [1.165, 1.54) is 19.1 Å². The van der Waals surface area contributed by atoms with E-state index in [2.05, 4.69) is 20.0 Å². The molecule has 1 unspecified atom stereocenters. The molecule has 1 fully saturated rings. The van der Waals surface area contributed by atoms with Crippen LogP contribution in [0.2, 0.25) is 0 Å². The molecule has 0 bridgehead atoms. The van der Waals surface area contributed by atoms with Crippen LogP contribution in [-0.2, 0) is 50.0 Å². The molecule has 2 aliphatic heterocycles. The average molecular weight is 937 g/mol. The van der Waals surface area contributed by atoms with Gasteiger partial charge in [-0.1, -0.05) is 91.0 Å². The fraction of sp³-hybridized carbons (Fsp3) is 0.367. The number of ether oxygens (including phenoxy) is 4. The lowest BCUT2D eigenvalue weighted by molar-refractivity contribution is -0.147. The third-order valence-corrected chi connectivity index (χ3v) is 13.6. The number of hydrogen-bond donors (Lipinski definition) is 3. The summed E-state index contributed by atoms with van der Waals surface area (Å²) in [7, 11) is -1.51. The van der Waals surface area contributed by atoms with E-state index < -0.39 is 75.7 Å². The summed E-state index contributed by atoms with van der Waals surface area (Å²) in [6.45, 7) is 5.05. The smallest absolute Gasteiger partial charge is 0.408 e. The SMILES string of the molecule is COC(=O)CCC(=O)C1(CCCN=C(N)NS(=O)(=O)c2c(C)cc(OC)c(C)c2C)N=C([C@@H]2CCCN2C(=O)[C@H](NC(=O)OCc2ccccc2)C(c2ccccc2)c2ccccc2)OC1=O. The maximum atomic E-state index is 15.1. The van der Waals surface area contributed by atoms with Crippen molar-refractivity contribution < 1.29 is 51.3 Å². The first-order valence-electron chi connectivity index (χ1n) is 21.9. The number of ketones is 1. The summed E-state index contributed by atoms with van der Waals surface area (Å²) in [6, 6.07) is 27.1. The van der Waals surface area contributed by atoms with Gasteiger partial charge in [0, 0.05) is 25.4 Å². The molecule has 6 rings (SSSR count). The zero-order valence-electron chi connectivity index (χ0n) is 38.2. The number of Topliss-reactive ketones (excluding diaryl/α,β-unsaturated/α-hetero) is 1. The van der Waals surface area contributed by atoms with Crippen molar-refractivity contribution in [3.63, 3.8) is 0 Å². The second kappa shape index (κ2) is 21.9. The molecule has 2 amide bonds. The first-order valence-corrected chi connectivity index (χ1v) is 23.4. The summed E-state index contributed by atoms with van der Waals surface area (Å²) in [4.78, 5) is 79.3. The number of likely N-dealkylation sites (tertiary alicyclic amines) is 1. The maximum absolute atomic E-state index is 15.1. The van der Waals surface area contributed by atoms with Crippen LogP contribution in [-0.4, -0.2) is 99.8 Å². The second-order valence-corrected chi connectivity index (χ2v) is 17.9. The third kappa shape index (κ3) is 11.5. The Hall–Kier alpha value is -7.08. The maximum Gasteiger partial charge on any atom is 0.408 e. The Bertz CT molecular complexity index is 2590. The number of sulfonamides is 1. The lowest BCUT2D eigenvalue weighted by atomic mass is 9.84. The number of nitrogens with zero attached hydrogens (tertiary/aromatic N) is 3. The summed E-state index contributed by atoms with van der Waals surface area (Å²) in [5, 5.41) is 2.86. The van der Waals surface area contributed by atoms with E-state index in [4.69, 9.17) is 24.7 Å². The number of nitrogens with two attached hydrogens (primary N) is 1. The van der Waals surface area contributed by atoms with Crippen LogP contribution in [0.3, 0.4) is 0 Å². The van der Waals surface area contributed by atoms with Crippen molar-refractivity contribution in [2.45, 2.75) is 94.3 Å². The van der Waals surface area contributed by atoms with E-state index in [1.54, 1.807) is 26.8 Å². The Labute approximate surface area is 390 Å². The molecule has 67 heavy (non-hydrogen) atoms. The number of methoxy groups -OCH3 is 2. The number of benzene rings is 4. The van der Waals surface area contributed by atoms with E-state index in [-0.39, 0.29) is 49.8 Å². The zero-order valence-corrected chi connectivity index (χ0v) is 39.0. The van der Waals surface area contributed by atoms with Crippen molar-refractivity contribution in [1.82, 2.24) is 14.9 Å². The predicted molar refractivity (Wildman–Crippen MR) is 249 cm³/mol. The molecule has 18 heteroatoms. The van der Waals surface area contributed by atoms with Crippen LogP contribution in [0.1, 0.15) is 77.8 Å². The van der Waals surface area contributed by atoms with Crippen LogP contribution in [0.25, 0.3) is 0 Å². The second-order valence-electron chi connectivity index (χ2n) is 16.3. The van der Waals surface area contributed by atoms with Gasteiger partial charge in [-0.3, -0.25) is 19.4 Å². The predicted octanol–water partition coefficient (Wildman–Crippen LogP) is 5.33. The number of hydrogen-bond acceptors (Lipinski definition) is 13. The first kappa shape index (κ1) is 49.4. The van der Waals surface area contributed by atoms with Crippen molar-refractivity contribution in [3.05, 3.63) is 130 Å². The quantitative estimate of drug-likeness (QED) is 0.0271. The van der Waals surface area contributed by atoms with Crippen LogP contribution in [0, 0.1) is 20.8 Å². The molecule has 4 aromatic rings. The van der Waals surface area contributed by atoms with Gasteiger partial charge < -0.3 is 34.9 Å². The Morgan fingerprint density at radius 3 is 2.16 bits per heavy atom. The monoisotopic (exact) mass is 936 g/mol. The molecule has 2 aliphatic rings. The largest absolute Gasteiger partial charge is 0.496 e.